The molecule has 0 rings (SSSR count). The van der Waals surface area contributed by atoms with Crippen molar-refractivity contribution in [1.29, 1.82) is 0 Å². The lowest BCUT2D eigenvalue weighted by Crippen LogP contribution is -2.36. The normalized spacial score (nSPS) is 13.0. The van der Waals surface area contributed by atoms with E-state index in [1.54, 1.807) is 0 Å². The van der Waals surface area contributed by atoms with E-state index in [4.69, 9.17) is 9.84 Å². The third kappa shape index (κ3) is 14.6. The van der Waals surface area contributed by atoms with Crippen LogP contribution >= 0.6 is 0 Å². The highest BCUT2D eigenvalue weighted by Crippen LogP contribution is 2.04. The van der Waals surface area contributed by atoms with E-state index in [-0.39, 0.29) is 12.7 Å². The third-order valence-corrected chi connectivity index (χ3v) is 3.72. The van der Waals surface area contributed by atoms with Gasteiger partial charge in [-0.2, -0.15) is 0 Å². The largest absolute Gasteiger partial charge is 0.480 e. The number of likely N-dealkylation sites (N-methyl/N-ethyl adjacent to an activating group) is 1. The number of ether oxygens (including phenoxy) is 1. The number of rotatable bonds is 16. The minimum atomic E-state index is -0.907. The Morgan fingerprint density at radius 3 is 2.13 bits per heavy atom. The molecule has 0 bridgehead atoms. The molecule has 3 N–H and O–H groups in total. The van der Waals surface area contributed by atoms with Crippen LogP contribution in [0.5, 0.6) is 0 Å². The van der Waals surface area contributed by atoms with Crippen LogP contribution in [0.25, 0.3) is 0 Å². The Labute approximate surface area is 141 Å². The van der Waals surface area contributed by atoms with Gasteiger partial charge >= 0.3 is 5.97 Å². The highest BCUT2D eigenvalue weighted by Gasteiger charge is 2.15. The van der Waals surface area contributed by atoms with Gasteiger partial charge in [0.05, 0.1) is 6.10 Å². The van der Waals surface area contributed by atoms with E-state index in [9.17, 15) is 4.79 Å². The lowest BCUT2D eigenvalue weighted by molar-refractivity contribution is -0.144. The first-order valence-corrected chi connectivity index (χ1v) is 8.49. The van der Waals surface area contributed by atoms with Crippen LogP contribution in [0.2, 0.25) is 0 Å². The first-order valence-electron chi connectivity index (χ1n) is 8.49. The van der Waals surface area contributed by atoms with Crippen molar-refractivity contribution >= 4 is 5.97 Å². The van der Waals surface area contributed by atoms with Crippen molar-refractivity contribution in [3.05, 3.63) is 0 Å². The van der Waals surface area contributed by atoms with E-state index in [2.05, 4.69) is 34.5 Å². The van der Waals surface area contributed by atoms with Crippen molar-refractivity contribution in [2.75, 3.05) is 74.1 Å². The molecule has 138 valence electrons. The van der Waals surface area contributed by atoms with Crippen LogP contribution in [0.15, 0.2) is 0 Å². The number of nitrogens with one attached hydrogen (secondary N) is 2. The molecule has 0 aliphatic carbocycles. The molecule has 0 fully saturated rings. The minimum Gasteiger partial charge on any atom is -0.480 e. The van der Waals surface area contributed by atoms with Gasteiger partial charge in [-0.25, -0.2) is 4.79 Å². The first kappa shape index (κ1) is 22.3. The molecule has 0 spiro atoms. The topological polar surface area (TPSA) is 77.1 Å². The molecule has 0 aromatic rings. The van der Waals surface area contributed by atoms with Crippen LogP contribution in [-0.2, 0) is 9.53 Å². The smallest absolute Gasteiger partial charge is 0.329 e. The summed E-state index contributed by atoms with van der Waals surface area (Å²) in [5, 5.41) is 15.1. The summed E-state index contributed by atoms with van der Waals surface area (Å²) < 4.78 is 5.56. The SMILES string of the molecule is CNCCCN(C)CCC(CN(C)CCCNC)OCC(=O)O. The fourth-order valence-corrected chi connectivity index (χ4v) is 2.38. The van der Waals surface area contributed by atoms with Gasteiger partial charge < -0.3 is 30.3 Å². The van der Waals surface area contributed by atoms with Crippen LogP contribution in [0.3, 0.4) is 0 Å². The standard InChI is InChI=1S/C16H36N4O3/c1-17-8-5-10-19(3)12-7-15(23-14-16(21)22)13-20(4)11-6-9-18-2/h15,17-18H,5-14H2,1-4H3,(H,21,22). The summed E-state index contributed by atoms with van der Waals surface area (Å²) in [4.78, 5) is 15.2. The molecular formula is C16H36N4O3. The summed E-state index contributed by atoms with van der Waals surface area (Å²) in [6.45, 7) is 5.46. The fraction of sp³-hybridized carbons (Fsp3) is 0.938. The summed E-state index contributed by atoms with van der Waals surface area (Å²) in [5.74, 6) is -0.907. The predicted molar refractivity (Wildman–Crippen MR) is 94.1 cm³/mol. The van der Waals surface area contributed by atoms with Crippen LogP contribution in [-0.4, -0.2) is 101 Å². The molecule has 0 radical (unpaired) electrons. The number of carboxylic acid groups (broad SMARTS) is 1. The Balaban J connectivity index is 4.14. The van der Waals surface area contributed by atoms with Crippen molar-refractivity contribution in [2.24, 2.45) is 0 Å². The third-order valence-electron chi connectivity index (χ3n) is 3.72. The van der Waals surface area contributed by atoms with E-state index in [1.165, 1.54) is 0 Å². The number of carboxylic acids is 1. The van der Waals surface area contributed by atoms with E-state index < -0.39 is 5.97 Å². The van der Waals surface area contributed by atoms with Gasteiger partial charge in [0.25, 0.3) is 0 Å². The zero-order valence-electron chi connectivity index (χ0n) is 15.3. The molecule has 0 aliphatic heterocycles. The van der Waals surface area contributed by atoms with Crippen molar-refractivity contribution in [1.82, 2.24) is 20.4 Å². The fourth-order valence-electron chi connectivity index (χ4n) is 2.38. The molecule has 0 heterocycles. The number of aliphatic carboxylic acids is 1. The van der Waals surface area contributed by atoms with Crippen molar-refractivity contribution in [3.8, 4) is 0 Å². The Morgan fingerprint density at radius 1 is 1.04 bits per heavy atom. The maximum Gasteiger partial charge on any atom is 0.329 e. The van der Waals surface area contributed by atoms with Crippen molar-refractivity contribution in [2.45, 2.75) is 25.4 Å². The first-order chi connectivity index (χ1) is 11.0. The highest BCUT2D eigenvalue weighted by molar-refractivity contribution is 5.68. The maximum absolute atomic E-state index is 10.7. The monoisotopic (exact) mass is 332 g/mol. The van der Waals surface area contributed by atoms with Crippen LogP contribution in [0, 0.1) is 0 Å². The Hall–Kier alpha value is -0.730. The van der Waals surface area contributed by atoms with E-state index in [1.807, 2.05) is 14.1 Å². The average Bonchev–Trinajstić information content (AvgIpc) is 2.50. The Kier molecular flexibility index (Phi) is 14.4. The zero-order chi connectivity index (χ0) is 17.5. The second-order valence-electron chi connectivity index (χ2n) is 6.10. The van der Waals surface area contributed by atoms with Gasteiger partial charge in [0, 0.05) is 13.1 Å². The molecule has 7 nitrogen and oxygen atoms in total. The van der Waals surface area contributed by atoms with Crippen LogP contribution in [0.4, 0.5) is 0 Å². The molecule has 0 saturated carbocycles. The number of hydrogen-bond donors (Lipinski definition) is 3. The second kappa shape index (κ2) is 14.8. The molecule has 0 aromatic heterocycles. The van der Waals surface area contributed by atoms with E-state index in [0.29, 0.717) is 0 Å². The summed E-state index contributed by atoms with van der Waals surface area (Å²) in [6.07, 6.45) is 2.98. The number of hydrogen-bond acceptors (Lipinski definition) is 6. The maximum atomic E-state index is 10.7. The molecule has 1 atom stereocenters. The molecule has 23 heavy (non-hydrogen) atoms. The van der Waals surface area contributed by atoms with Crippen molar-refractivity contribution in [3.63, 3.8) is 0 Å². The zero-order valence-corrected chi connectivity index (χ0v) is 15.3. The molecule has 0 aromatic carbocycles. The highest BCUT2D eigenvalue weighted by atomic mass is 16.5. The number of nitrogens with zero attached hydrogens (tertiary/aromatic N) is 2. The van der Waals surface area contributed by atoms with Gasteiger partial charge in [-0.3, -0.25) is 0 Å². The quantitative estimate of drug-likeness (QED) is 0.342. The van der Waals surface area contributed by atoms with E-state index in [0.717, 1.165) is 58.5 Å². The van der Waals surface area contributed by atoms with Crippen LogP contribution in [0.1, 0.15) is 19.3 Å². The summed E-state index contributed by atoms with van der Waals surface area (Å²) in [6, 6.07) is 0. The van der Waals surface area contributed by atoms with Gasteiger partial charge in [-0.1, -0.05) is 0 Å². The Morgan fingerprint density at radius 2 is 1.61 bits per heavy atom. The minimum absolute atomic E-state index is 0.0440. The molecule has 0 aliphatic rings. The van der Waals surface area contributed by atoms with Crippen molar-refractivity contribution < 1.29 is 14.6 Å². The molecule has 7 heteroatoms. The Bertz CT molecular complexity index is 292. The molecule has 0 saturated heterocycles. The molecular weight excluding hydrogens is 296 g/mol. The van der Waals surface area contributed by atoms with Gasteiger partial charge in [0.1, 0.15) is 6.61 Å². The summed E-state index contributed by atoms with van der Waals surface area (Å²) in [5.41, 5.74) is 0. The lowest BCUT2D eigenvalue weighted by Gasteiger charge is -2.26. The molecule has 0 amide bonds. The van der Waals surface area contributed by atoms with Gasteiger partial charge in [-0.05, 0) is 73.6 Å². The lowest BCUT2D eigenvalue weighted by atomic mass is 10.2. The van der Waals surface area contributed by atoms with Gasteiger partial charge in [-0.15, -0.1) is 0 Å². The number of carbonyl (C=O) groups is 1. The summed E-state index contributed by atoms with van der Waals surface area (Å²) >= 11 is 0. The second-order valence-corrected chi connectivity index (χ2v) is 6.10. The summed E-state index contributed by atoms with van der Waals surface area (Å²) in [7, 11) is 8.06. The average molecular weight is 332 g/mol. The van der Waals surface area contributed by atoms with Gasteiger partial charge in [0.15, 0.2) is 0 Å². The van der Waals surface area contributed by atoms with E-state index >= 15 is 0 Å². The molecule has 1 unspecified atom stereocenters. The predicted octanol–water partition coefficient (Wildman–Crippen LogP) is -0.0711. The van der Waals surface area contributed by atoms with Gasteiger partial charge in [0.2, 0.25) is 0 Å². The van der Waals surface area contributed by atoms with Crippen LogP contribution < -0.4 is 10.6 Å².